The van der Waals surface area contributed by atoms with Crippen LogP contribution in [0.15, 0.2) is 22.5 Å². The molecule has 0 aromatic heterocycles. The number of alkyl halides is 3. The molecule has 1 heterocycles. The number of hydrogen-bond donors (Lipinski definition) is 0. The summed E-state index contributed by atoms with van der Waals surface area (Å²) in [6.07, 6.45) is -2.32. The fourth-order valence-electron chi connectivity index (χ4n) is 0.443. The summed E-state index contributed by atoms with van der Waals surface area (Å²) in [5.74, 6) is 0. The van der Waals surface area contributed by atoms with Gasteiger partial charge in [-0.15, -0.1) is 0 Å². The Kier molecular flexibility index (Phi) is 1.27. The summed E-state index contributed by atoms with van der Waals surface area (Å²) in [5.41, 5.74) is 0. The van der Waals surface area contributed by atoms with E-state index < -0.39 is 12.2 Å². The van der Waals surface area contributed by atoms with Crippen molar-refractivity contribution in [1.82, 2.24) is 0 Å². The molecule has 0 aliphatic carbocycles. The van der Waals surface area contributed by atoms with Gasteiger partial charge in [0, 0.05) is 6.20 Å². The molecule has 0 bridgehead atoms. The molecule has 0 fully saturated rings. The van der Waals surface area contributed by atoms with Gasteiger partial charge in [0.15, 0.2) is 6.04 Å². The van der Waals surface area contributed by atoms with E-state index in [1.807, 2.05) is 0 Å². The average molecular weight is 136 g/mol. The lowest BCUT2D eigenvalue weighted by Crippen LogP contribution is -2.22. The Morgan fingerprint density at radius 2 is 2.00 bits per heavy atom. The maximum Gasteiger partial charge on any atom is 0.416 e. The van der Waals surface area contributed by atoms with Gasteiger partial charge in [-0.25, -0.2) is 0 Å². The molecule has 0 aromatic rings. The molecule has 0 spiro atoms. The van der Waals surface area contributed by atoms with Crippen LogP contribution in [-0.2, 0) is 0 Å². The zero-order valence-corrected chi connectivity index (χ0v) is 4.26. The minimum Gasteiger partial charge on any atom is -0.172 e. The monoisotopic (exact) mass is 136 g/mol. The van der Waals surface area contributed by atoms with Crippen molar-refractivity contribution in [2.24, 2.45) is 10.2 Å². The molecule has 0 amide bonds. The molecule has 0 aromatic carbocycles. The maximum absolute atomic E-state index is 11.6. The van der Waals surface area contributed by atoms with Crippen molar-refractivity contribution in [3.8, 4) is 0 Å². The van der Waals surface area contributed by atoms with Crippen molar-refractivity contribution in [2.45, 2.75) is 12.2 Å². The smallest absolute Gasteiger partial charge is 0.172 e. The van der Waals surface area contributed by atoms with Crippen molar-refractivity contribution < 1.29 is 13.2 Å². The van der Waals surface area contributed by atoms with E-state index in [1.54, 1.807) is 0 Å². The van der Waals surface area contributed by atoms with Crippen LogP contribution in [-0.4, -0.2) is 12.2 Å². The Bertz CT molecular complexity index is 146. The molecule has 1 atom stereocenters. The molecule has 0 N–H and O–H groups in total. The average Bonchev–Trinajstić information content (AvgIpc) is 2.08. The Morgan fingerprint density at radius 3 is 2.22 bits per heavy atom. The molecule has 1 rings (SSSR count). The molecule has 0 saturated carbocycles. The highest BCUT2D eigenvalue weighted by Gasteiger charge is 2.39. The van der Waals surface area contributed by atoms with E-state index in [2.05, 4.69) is 10.2 Å². The molecular weight excluding hydrogens is 133 g/mol. The van der Waals surface area contributed by atoms with Crippen LogP contribution in [0.3, 0.4) is 0 Å². The second kappa shape index (κ2) is 1.82. The molecule has 9 heavy (non-hydrogen) atoms. The zero-order valence-electron chi connectivity index (χ0n) is 4.26. The first-order chi connectivity index (χ1) is 4.11. The van der Waals surface area contributed by atoms with Gasteiger partial charge in [0.1, 0.15) is 0 Å². The van der Waals surface area contributed by atoms with Crippen molar-refractivity contribution in [3.63, 3.8) is 0 Å². The van der Waals surface area contributed by atoms with Gasteiger partial charge >= 0.3 is 6.18 Å². The zero-order chi connectivity index (χ0) is 6.91. The van der Waals surface area contributed by atoms with Crippen LogP contribution in [0.1, 0.15) is 0 Å². The summed E-state index contributed by atoms with van der Waals surface area (Å²) in [5, 5.41) is 5.95. The van der Waals surface area contributed by atoms with Crippen LogP contribution >= 0.6 is 0 Å². The van der Waals surface area contributed by atoms with Crippen LogP contribution in [0.5, 0.6) is 0 Å². The molecule has 5 heteroatoms. The quantitative estimate of drug-likeness (QED) is 0.485. The molecule has 2 nitrogen and oxygen atoms in total. The highest BCUT2D eigenvalue weighted by Crippen LogP contribution is 2.26. The van der Waals surface area contributed by atoms with Crippen LogP contribution in [0.2, 0.25) is 0 Å². The largest absolute Gasteiger partial charge is 0.416 e. The Balaban J connectivity index is 2.64. The van der Waals surface area contributed by atoms with Crippen molar-refractivity contribution in [2.75, 3.05) is 0 Å². The van der Waals surface area contributed by atoms with Crippen LogP contribution < -0.4 is 0 Å². The Labute approximate surface area is 49.1 Å². The van der Waals surface area contributed by atoms with E-state index in [0.717, 1.165) is 12.3 Å². The number of halogens is 3. The molecule has 50 valence electrons. The lowest BCUT2D eigenvalue weighted by Gasteiger charge is -2.06. The Hall–Kier alpha value is -0.870. The maximum atomic E-state index is 11.6. The van der Waals surface area contributed by atoms with Crippen molar-refractivity contribution in [3.05, 3.63) is 12.3 Å². The van der Waals surface area contributed by atoms with E-state index in [0.29, 0.717) is 0 Å². The first-order valence-corrected chi connectivity index (χ1v) is 2.24. The number of nitrogens with zero attached hydrogens (tertiary/aromatic N) is 2. The molecule has 1 aliphatic rings. The van der Waals surface area contributed by atoms with Gasteiger partial charge in [0.05, 0.1) is 0 Å². The third-order valence-corrected chi connectivity index (χ3v) is 0.861. The van der Waals surface area contributed by atoms with Gasteiger partial charge in [-0.2, -0.15) is 23.4 Å². The van der Waals surface area contributed by atoms with Crippen LogP contribution in [0.25, 0.3) is 0 Å². The number of rotatable bonds is 0. The van der Waals surface area contributed by atoms with E-state index in [4.69, 9.17) is 0 Å². The van der Waals surface area contributed by atoms with Crippen LogP contribution in [0.4, 0.5) is 13.2 Å². The fraction of sp³-hybridized carbons (Fsp3) is 0.500. The fourth-order valence-corrected chi connectivity index (χ4v) is 0.443. The van der Waals surface area contributed by atoms with Crippen molar-refractivity contribution >= 4 is 0 Å². The number of azo groups is 1. The second-order valence-electron chi connectivity index (χ2n) is 1.56. The van der Waals surface area contributed by atoms with Gasteiger partial charge in [0.2, 0.25) is 0 Å². The van der Waals surface area contributed by atoms with E-state index >= 15 is 0 Å². The summed E-state index contributed by atoms with van der Waals surface area (Å²) in [7, 11) is 0. The molecule has 0 radical (unpaired) electrons. The summed E-state index contributed by atoms with van der Waals surface area (Å²) >= 11 is 0. The van der Waals surface area contributed by atoms with E-state index in [-0.39, 0.29) is 0 Å². The van der Waals surface area contributed by atoms with Gasteiger partial charge in [0.25, 0.3) is 0 Å². The van der Waals surface area contributed by atoms with E-state index in [1.165, 1.54) is 0 Å². The first kappa shape index (κ1) is 6.25. The Morgan fingerprint density at radius 1 is 1.33 bits per heavy atom. The van der Waals surface area contributed by atoms with Gasteiger partial charge in [-0.1, -0.05) is 0 Å². The second-order valence-corrected chi connectivity index (χ2v) is 1.56. The van der Waals surface area contributed by atoms with E-state index in [9.17, 15) is 13.2 Å². The van der Waals surface area contributed by atoms with Crippen molar-refractivity contribution in [1.29, 1.82) is 0 Å². The summed E-state index contributed by atoms with van der Waals surface area (Å²) in [6.45, 7) is 0. The molecule has 1 unspecified atom stereocenters. The highest BCUT2D eigenvalue weighted by atomic mass is 19.4. The first-order valence-electron chi connectivity index (χ1n) is 2.24. The summed E-state index contributed by atoms with van der Waals surface area (Å²) in [6, 6.07) is -1.71. The molecular formula is C4H3F3N2. The lowest BCUT2D eigenvalue weighted by molar-refractivity contribution is -0.136. The van der Waals surface area contributed by atoms with Gasteiger partial charge in [-0.05, 0) is 6.08 Å². The van der Waals surface area contributed by atoms with Gasteiger partial charge in [-0.3, -0.25) is 0 Å². The number of hydrogen-bond acceptors (Lipinski definition) is 2. The topological polar surface area (TPSA) is 24.7 Å². The standard InChI is InChI=1S/C4H3F3N2/c5-4(6,7)3-1-2-8-9-3/h1-3H. The third kappa shape index (κ3) is 1.28. The van der Waals surface area contributed by atoms with Crippen LogP contribution in [0, 0.1) is 0 Å². The predicted molar refractivity (Wildman–Crippen MR) is 23.8 cm³/mol. The normalized spacial score (nSPS) is 25.4. The summed E-state index contributed by atoms with van der Waals surface area (Å²) in [4.78, 5) is 0. The minimum absolute atomic E-state index is 0.903. The summed E-state index contributed by atoms with van der Waals surface area (Å²) < 4.78 is 34.7. The molecule has 0 saturated heterocycles. The minimum atomic E-state index is -4.27. The van der Waals surface area contributed by atoms with Gasteiger partial charge < -0.3 is 0 Å². The third-order valence-electron chi connectivity index (χ3n) is 0.861. The molecule has 1 aliphatic heterocycles. The predicted octanol–water partition coefficient (Wildman–Crippen LogP) is 1.90. The lowest BCUT2D eigenvalue weighted by atomic mass is 10.3. The highest BCUT2D eigenvalue weighted by molar-refractivity contribution is 5.00. The SMILES string of the molecule is FC(F)(F)C1C=CN=N1.